The molecule has 0 atom stereocenters. The van der Waals surface area contributed by atoms with Crippen LogP contribution >= 0.6 is 23.2 Å². The van der Waals surface area contributed by atoms with Crippen molar-refractivity contribution < 1.29 is 4.79 Å². The summed E-state index contributed by atoms with van der Waals surface area (Å²) in [4.78, 5) is 10.5. The second-order valence-electron chi connectivity index (χ2n) is 2.93. The molecule has 0 radical (unpaired) electrons. The van der Waals surface area contributed by atoms with Crippen LogP contribution in [-0.4, -0.2) is 16.5 Å². The van der Waals surface area contributed by atoms with Gasteiger partial charge in [-0.3, -0.25) is 9.89 Å². The normalized spacial score (nSPS) is 10.3. The van der Waals surface area contributed by atoms with E-state index in [0.717, 1.165) is 0 Å². The van der Waals surface area contributed by atoms with E-state index in [0.29, 0.717) is 33.3 Å². The predicted octanol–water partition coefficient (Wildman–Crippen LogP) is 3.20. The Kier molecular flexibility index (Phi) is 2.75. The second kappa shape index (κ2) is 4.04. The van der Waals surface area contributed by atoms with Crippen LogP contribution in [-0.2, 0) is 0 Å². The number of aromatic nitrogens is 2. The van der Waals surface area contributed by atoms with Crippen LogP contribution in [0.15, 0.2) is 24.3 Å². The Morgan fingerprint density at radius 1 is 1.33 bits per heavy atom. The number of aromatic amines is 1. The highest BCUT2D eigenvalue weighted by Crippen LogP contribution is 2.32. The van der Waals surface area contributed by atoms with Crippen molar-refractivity contribution in [3.63, 3.8) is 0 Å². The first kappa shape index (κ1) is 10.2. The molecule has 2 rings (SSSR count). The van der Waals surface area contributed by atoms with Crippen LogP contribution in [0.4, 0.5) is 0 Å². The van der Waals surface area contributed by atoms with Crippen LogP contribution in [0.5, 0.6) is 0 Å². The SMILES string of the molecule is O=Cc1cc(-c2cccc(Cl)c2Cl)n[nH]1. The van der Waals surface area contributed by atoms with Gasteiger partial charge in [0.05, 0.1) is 21.4 Å². The number of nitrogens with one attached hydrogen (secondary N) is 1. The molecular weight excluding hydrogens is 235 g/mol. The number of aldehydes is 1. The van der Waals surface area contributed by atoms with Gasteiger partial charge in [-0.1, -0.05) is 35.3 Å². The Bertz CT molecular complexity index is 508. The van der Waals surface area contributed by atoms with Gasteiger partial charge in [0.2, 0.25) is 0 Å². The third-order valence-electron chi connectivity index (χ3n) is 1.95. The first-order chi connectivity index (χ1) is 7.22. The van der Waals surface area contributed by atoms with Gasteiger partial charge in [-0.15, -0.1) is 0 Å². The minimum Gasteiger partial charge on any atom is -0.296 e. The molecule has 3 nitrogen and oxygen atoms in total. The quantitative estimate of drug-likeness (QED) is 0.820. The van der Waals surface area contributed by atoms with Gasteiger partial charge >= 0.3 is 0 Å². The summed E-state index contributed by atoms with van der Waals surface area (Å²) >= 11 is 11.9. The molecule has 5 heteroatoms. The van der Waals surface area contributed by atoms with Gasteiger partial charge in [0, 0.05) is 5.56 Å². The lowest BCUT2D eigenvalue weighted by Gasteiger charge is -2.01. The van der Waals surface area contributed by atoms with E-state index in [9.17, 15) is 4.79 Å². The van der Waals surface area contributed by atoms with Crippen molar-refractivity contribution in [2.24, 2.45) is 0 Å². The zero-order valence-electron chi connectivity index (χ0n) is 7.50. The van der Waals surface area contributed by atoms with Crippen molar-refractivity contribution in [3.8, 4) is 11.3 Å². The summed E-state index contributed by atoms with van der Waals surface area (Å²) in [5.74, 6) is 0. The molecule has 0 unspecified atom stereocenters. The second-order valence-corrected chi connectivity index (χ2v) is 3.71. The third kappa shape index (κ3) is 1.89. The molecule has 76 valence electrons. The topological polar surface area (TPSA) is 45.8 Å². The van der Waals surface area contributed by atoms with E-state index in [-0.39, 0.29) is 0 Å². The minimum atomic E-state index is 0.404. The Labute approximate surface area is 96.0 Å². The number of carbonyl (C=O) groups is 1. The summed E-state index contributed by atoms with van der Waals surface area (Å²) in [7, 11) is 0. The molecule has 15 heavy (non-hydrogen) atoms. The van der Waals surface area contributed by atoms with E-state index in [1.807, 2.05) is 0 Å². The smallest absolute Gasteiger partial charge is 0.167 e. The minimum absolute atomic E-state index is 0.404. The average molecular weight is 241 g/mol. The highest BCUT2D eigenvalue weighted by Gasteiger charge is 2.09. The molecule has 0 spiro atoms. The van der Waals surface area contributed by atoms with Crippen molar-refractivity contribution >= 4 is 29.5 Å². The molecule has 0 saturated carbocycles. The van der Waals surface area contributed by atoms with Crippen molar-refractivity contribution in [1.82, 2.24) is 10.2 Å². The largest absolute Gasteiger partial charge is 0.296 e. The molecule has 2 aromatic rings. The molecule has 0 aliphatic rings. The highest BCUT2D eigenvalue weighted by molar-refractivity contribution is 6.43. The van der Waals surface area contributed by atoms with E-state index in [1.54, 1.807) is 24.3 Å². The fourth-order valence-electron chi connectivity index (χ4n) is 1.24. The van der Waals surface area contributed by atoms with Crippen LogP contribution < -0.4 is 0 Å². The van der Waals surface area contributed by atoms with Gasteiger partial charge in [0.25, 0.3) is 0 Å². The summed E-state index contributed by atoms with van der Waals surface area (Å²) in [6, 6.07) is 6.88. The highest BCUT2D eigenvalue weighted by atomic mass is 35.5. The van der Waals surface area contributed by atoms with Gasteiger partial charge in [-0.2, -0.15) is 5.10 Å². The number of nitrogens with zero attached hydrogens (tertiary/aromatic N) is 1. The zero-order valence-corrected chi connectivity index (χ0v) is 9.01. The Morgan fingerprint density at radius 3 is 2.80 bits per heavy atom. The number of rotatable bonds is 2. The molecule has 1 N–H and O–H groups in total. The van der Waals surface area contributed by atoms with Crippen LogP contribution in [0.25, 0.3) is 11.3 Å². The predicted molar refractivity (Wildman–Crippen MR) is 59.4 cm³/mol. The number of hydrogen-bond donors (Lipinski definition) is 1. The average Bonchev–Trinajstić information content (AvgIpc) is 2.70. The fraction of sp³-hybridized carbons (Fsp3) is 0. The number of benzene rings is 1. The summed E-state index contributed by atoms with van der Waals surface area (Å²) in [5, 5.41) is 7.44. The molecule has 0 aliphatic carbocycles. The van der Waals surface area contributed by atoms with Crippen molar-refractivity contribution in [2.75, 3.05) is 0 Å². The first-order valence-corrected chi connectivity index (χ1v) is 4.93. The van der Waals surface area contributed by atoms with Crippen LogP contribution in [0.3, 0.4) is 0 Å². The van der Waals surface area contributed by atoms with Crippen LogP contribution in [0, 0.1) is 0 Å². The third-order valence-corrected chi connectivity index (χ3v) is 2.77. The van der Waals surface area contributed by atoms with Crippen LogP contribution in [0.2, 0.25) is 10.0 Å². The maximum atomic E-state index is 10.5. The standard InChI is InChI=1S/C10H6Cl2N2O/c11-8-3-1-2-7(10(8)12)9-4-6(5-15)13-14-9/h1-5H,(H,13,14). The number of carbonyl (C=O) groups excluding carboxylic acids is 1. The van der Waals surface area contributed by atoms with Gasteiger partial charge < -0.3 is 0 Å². The van der Waals surface area contributed by atoms with Crippen molar-refractivity contribution in [3.05, 3.63) is 40.0 Å². The summed E-state index contributed by atoms with van der Waals surface area (Å²) < 4.78 is 0. The van der Waals surface area contributed by atoms with E-state index >= 15 is 0 Å². The molecule has 0 amide bonds. The van der Waals surface area contributed by atoms with E-state index in [1.165, 1.54) is 0 Å². The number of hydrogen-bond acceptors (Lipinski definition) is 2. The summed E-state index contributed by atoms with van der Waals surface area (Å²) in [5.41, 5.74) is 1.71. The van der Waals surface area contributed by atoms with Crippen molar-refractivity contribution in [1.29, 1.82) is 0 Å². The zero-order chi connectivity index (χ0) is 10.8. The van der Waals surface area contributed by atoms with Gasteiger partial charge in [-0.05, 0) is 12.1 Å². The molecule has 0 bridgehead atoms. The fourth-order valence-corrected chi connectivity index (χ4v) is 1.63. The molecule has 1 heterocycles. The molecule has 0 saturated heterocycles. The molecule has 0 fully saturated rings. The number of halogens is 2. The van der Waals surface area contributed by atoms with E-state index in [4.69, 9.17) is 23.2 Å². The molecule has 0 aliphatic heterocycles. The molecule has 1 aromatic carbocycles. The van der Waals surface area contributed by atoms with E-state index in [2.05, 4.69) is 10.2 Å². The van der Waals surface area contributed by atoms with Gasteiger partial charge in [0.15, 0.2) is 6.29 Å². The van der Waals surface area contributed by atoms with Crippen LogP contribution in [0.1, 0.15) is 10.5 Å². The Hall–Kier alpha value is -1.32. The van der Waals surface area contributed by atoms with Gasteiger partial charge in [-0.25, -0.2) is 0 Å². The monoisotopic (exact) mass is 240 g/mol. The molecular formula is C10H6Cl2N2O. The maximum Gasteiger partial charge on any atom is 0.167 e. The first-order valence-electron chi connectivity index (χ1n) is 4.17. The lowest BCUT2D eigenvalue weighted by atomic mass is 10.1. The Balaban J connectivity index is 2.53. The Morgan fingerprint density at radius 2 is 2.13 bits per heavy atom. The lowest BCUT2D eigenvalue weighted by molar-refractivity contribution is 0.111. The number of H-pyrrole nitrogens is 1. The van der Waals surface area contributed by atoms with Crippen molar-refractivity contribution in [2.45, 2.75) is 0 Å². The summed E-state index contributed by atoms with van der Waals surface area (Å²) in [6.45, 7) is 0. The summed E-state index contributed by atoms with van der Waals surface area (Å²) in [6.07, 6.45) is 0.689. The van der Waals surface area contributed by atoms with E-state index < -0.39 is 0 Å². The molecule has 1 aromatic heterocycles. The maximum absolute atomic E-state index is 10.5. The lowest BCUT2D eigenvalue weighted by Crippen LogP contribution is -1.80. The van der Waals surface area contributed by atoms with Gasteiger partial charge in [0.1, 0.15) is 0 Å².